The molecule has 1 aromatic carbocycles. The molecule has 0 unspecified atom stereocenters. The van der Waals surface area contributed by atoms with Gasteiger partial charge < -0.3 is 15.0 Å². The van der Waals surface area contributed by atoms with E-state index < -0.39 is 0 Å². The van der Waals surface area contributed by atoms with Crippen LogP contribution in [0.3, 0.4) is 0 Å². The maximum atomic E-state index is 12.5. The highest BCUT2D eigenvalue weighted by molar-refractivity contribution is 5.94. The fourth-order valence-electron chi connectivity index (χ4n) is 2.98. The fraction of sp³-hybridized carbons (Fsp3) is 0.261. The van der Waals surface area contributed by atoms with Gasteiger partial charge in [0.25, 0.3) is 5.91 Å². The van der Waals surface area contributed by atoms with Gasteiger partial charge in [-0.15, -0.1) is 0 Å². The lowest BCUT2D eigenvalue weighted by atomic mass is 10.1. The minimum Gasteiger partial charge on any atom is -0.497 e. The van der Waals surface area contributed by atoms with Crippen LogP contribution in [0.25, 0.3) is 0 Å². The first-order valence-corrected chi connectivity index (χ1v) is 9.63. The van der Waals surface area contributed by atoms with Crippen molar-refractivity contribution in [1.82, 2.24) is 15.3 Å². The van der Waals surface area contributed by atoms with Gasteiger partial charge in [-0.25, -0.2) is 4.98 Å². The molecule has 0 saturated carbocycles. The standard InChI is InChI=1S/C23H26N4O2/c1-27(15-10-18-6-11-24-12-7-18)22-17-20(9-14-25-22)23(28)26-13-8-19-4-3-5-21(16-19)29-2/h3-7,9,11-12,14,16-17H,8,10,13,15H2,1-2H3,(H,26,28). The van der Waals surface area contributed by atoms with Gasteiger partial charge in [-0.1, -0.05) is 12.1 Å². The van der Waals surface area contributed by atoms with E-state index in [0.717, 1.165) is 36.5 Å². The second-order valence-corrected chi connectivity index (χ2v) is 6.79. The zero-order valence-electron chi connectivity index (χ0n) is 16.8. The van der Waals surface area contributed by atoms with Gasteiger partial charge in [-0.05, 0) is 60.4 Å². The molecule has 29 heavy (non-hydrogen) atoms. The van der Waals surface area contributed by atoms with Crippen molar-refractivity contribution in [3.8, 4) is 5.75 Å². The molecule has 0 atom stereocenters. The summed E-state index contributed by atoms with van der Waals surface area (Å²) in [4.78, 5) is 23.0. The van der Waals surface area contributed by atoms with E-state index in [0.29, 0.717) is 12.1 Å². The Hall–Kier alpha value is -3.41. The van der Waals surface area contributed by atoms with E-state index >= 15 is 0 Å². The minimum absolute atomic E-state index is 0.0981. The molecule has 0 fully saturated rings. The average molecular weight is 390 g/mol. The van der Waals surface area contributed by atoms with Crippen LogP contribution in [0.1, 0.15) is 21.5 Å². The molecule has 0 radical (unpaired) electrons. The maximum absolute atomic E-state index is 12.5. The predicted octanol–water partition coefficient (Wildman–Crippen LogP) is 3.14. The zero-order chi connectivity index (χ0) is 20.5. The van der Waals surface area contributed by atoms with Crippen molar-refractivity contribution in [2.24, 2.45) is 0 Å². The van der Waals surface area contributed by atoms with Gasteiger partial charge in [0.1, 0.15) is 11.6 Å². The first kappa shape index (κ1) is 20.3. The van der Waals surface area contributed by atoms with Crippen LogP contribution in [-0.4, -0.2) is 43.1 Å². The Kier molecular flexibility index (Phi) is 7.16. The molecule has 150 valence electrons. The molecule has 2 aromatic heterocycles. The summed E-state index contributed by atoms with van der Waals surface area (Å²) in [6, 6.07) is 15.4. The van der Waals surface area contributed by atoms with Crippen molar-refractivity contribution in [1.29, 1.82) is 0 Å². The third-order valence-corrected chi connectivity index (χ3v) is 4.72. The van der Waals surface area contributed by atoms with E-state index in [1.807, 2.05) is 54.4 Å². The number of likely N-dealkylation sites (N-methyl/N-ethyl adjacent to an activating group) is 1. The molecule has 3 aromatic rings. The van der Waals surface area contributed by atoms with Gasteiger partial charge in [0.15, 0.2) is 0 Å². The van der Waals surface area contributed by atoms with Crippen LogP contribution in [-0.2, 0) is 12.8 Å². The Morgan fingerprint density at radius 2 is 1.86 bits per heavy atom. The van der Waals surface area contributed by atoms with Crippen LogP contribution < -0.4 is 15.0 Å². The number of benzene rings is 1. The van der Waals surface area contributed by atoms with E-state index in [4.69, 9.17) is 4.74 Å². The zero-order valence-corrected chi connectivity index (χ0v) is 16.8. The lowest BCUT2D eigenvalue weighted by Gasteiger charge is -2.18. The number of carbonyl (C=O) groups excluding carboxylic acids is 1. The summed E-state index contributed by atoms with van der Waals surface area (Å²) < 4.78 is 5.23. The van der Waals surface area contributed by atoms with Crippen molar-refractivity contribution < 1.29 is 9.53 Å². The van der Waals surface area contributed by atoms with Crippen LogP contribution in [0, 0.1) is 0 Å². The number of aromatic nitrogens is 2. The number of methoxy groups -OCH3 is 1. The van der Waals surface area contributed by atoms with Gasteiger partial charge in [0.05, 0.1) is 7.11 Å². The van der Waals surface area contributed by atoms with Crippen molar-refractivity contribution in [3.63, 3.8) is 0 Å². The number of ether oxygens (including phenoxy) is 1. The molecule has 3 rings (SSSR count). The van der Waals surface area contributed by atoms with Crippen LogP contribution in [0.5, 0.6) is 5.75 Å². The molecule has 2 heterocycles. The summed E-state index contributed by atoms with van der Waals surface area (Å²) in [7, 11) is 3.63. The Labute approximate surface area is 171 Å². The van der Waals surface area contributed by atoms with Crippen molar-refractivity contribution in [2.75, 3.05) is 32.1 Å². The van der Waals surface area contributed by atoms with Gasteiger partial charge in [0, 0.05) is 44.3 Å². The first-order chi connectivity index (χ1) is 14.2. The summed E-state index contributed by atoms with van der Waals surface area (Å²) in [5.74, 6) is 1.50. The molecule has 0 aliphatic carbocycles. The molecule has 0 bridgehead atoms. The first-order valence-electron chi connectivity index (χ1n) is 9.63. The number of nitrogens with zero attached hydrogens (tertiary/aromatic N) is 3. The largest absolute Gasteiger partial charge is 0.497 e. The molecule has 0 spiro atoms. The Morgan fingerprint density at radius 1 is 1.03 bits per heavy atom. The fourth-order valence-corrected chi connectivity index (χ4v) is 2.98. The number of carbonyl (C=O) groups is 1. The summed E-state index contributed by atoms with van der Waals surface area (Å²) >= 11 is 0. The van der Waals surface area contributed by atoms with E-state index in [1.165, 1.54) is 5.56 Å². The van der Waals surface area contributed by atoms with E-state index in [9.17, 15) is 4.79 Å². The number of pyridine rings is 2. The molecule has 0 saturated heterocycles. The summed E-state index contributed by atoms with van der Waals surface area (Å²) in [5, 5.41) is 2.98. The third kappa shape index (κ3) is 6.04. The number of hydrogen-bond donors (Lipinski definition) is 1. The smallest absolute Gasteiger partial charge is 0.251 e. The van der Waals surface area contributed by atoms with E-state index in [1.54, 1.807) is 31.8 Å². The third-order valence-electron chi connectivity index (χ3n) is 4.72. The summed E-state index contributed by atoms with van der Waals surface area (Å²) in [6.45, 7) is 1.36. The van der Waals surface area contributed by atoms with Crippen LogP contribution in [0.4, 0.5) is 5.82 Å². The summed E-state index contributed by atoms with van der Waals surface area (Å²) in [5.41, 5.74) is 2.95. The topological polar surface area (TPSA) is 67.3 Å². The molecule has 1 N–H and O–H groups in total. The predicted molar refractivity (Wildman–Crippen MR) is 114 cm³/mol. The Balaban J connectivity index is 1.53. The maximum Gasteiger partial charge on any atom is 0.251 e. The second-order valence-electron chi connectivity index (χ2n) is 6.79. The molecule has 0 aliphatic heterocycles. The van der Waals surface area contributed by atoms with Gasteiger partial charge >= 0.3 is 0 Å². The molecule has 6 nitrogen and oxygen atoms in total. The van der Waals surface area contributed by atoms with E-state index in [2.05, 4.69) is 15.3 Å². The van der Waals surface area contributed by atoms with Crippen LogP contribution in [0.15, 0.2) is 67.1 Å². The highest BCUT2D eigenvalue weighted by Gasteiger charge is 2.09. The minimum atomic E-state index is -0.0981. The highest BCUT2D eigenvalue weighted by atomic mass is 16.5. The van der Waals surface area contributed by atoms with Crippen molar-refractivity contribution in [2.45, 2.75) is 12.8 Å². The highest BCUT2D eigenvalue weighted by Crippen LogP contribution is 2.14. The average Bonchev–Trinajstić information content (AvgIpc) is 2.78. The lowest BCUT2D eigenvalue weighted by molar-refractivity contribution is 0.0954. The Morgan fingerprint density at radius 3 is 2.66 bits per heavy atom. The number of nitrogens with one attached hydrogen (secondary N) is 1. The number of rotatable bonds is 9. The number of hydrogen-bond acceptors (Lipinski definition) is 5. The molecule has 6 heteroatoms. The quantitative estimate of drug-likeness (QED) is 0.608. The molecule has 0 aliphatic rings. The molecular weight excluding hydrogens is 364 g/mol. The lowest BCUT2D eigenvalue weighted by Crippen LogP contribution is -2.27. The van der Waals surface area contributed by atoms with E-state index in [-0.39, 0.29) is 5.91 Å². The second kappa shape index (κ2) is 10.2. The number of anilines is 1. The van der Waals surface area contributed by atoms with Crippen molar-refractivity contribution in [3.05, 3.63) is 83.8 Å². The number of amides is 1. The van der Waals surface area contributed by atoms with Crippen molar-refractivity contribution >= 4 is 11.7 Å². The van der Waals surface area contributed by atoms with Gasteiger partial charge in [-0.3, -0.25) is 9.78 Å². The van der Waals surface area contributed by atoms with Gasteiger partial charge in [0.2, 0.25) is 0 Å². The van der Waals surface area contributed by atoms with Crippen LogP contribution >= 0.6 is 0 Å². The van der Waals surface area contributed by atoms with Crippen LogP contribution in [0.2, 0.25) is 0 Å². The molecule has 1 amide bonds. The molecular formula is C23H26N4O2. The Bertz CT molecular complexity index is 931. The monoisotopic (exact) mass is 390 g/mol. The SMILES string of the molecule is COc1cccc(CCNC(=O)c2ccnc(N(C)CCc3ccncc3)c2)c1. The normalized spacial score (nSPS) is 10.4. The van der Waals surface area contributed by atoms with Gasteiger partial charge in [-0.2, -0.15) is 0 Å². The summed E-state index contributed by atoms with van der Waals surface area (Å²) in [6.07, 6.45) is 6.90.